The van der Waals surface area contributed by atoms with Gasteiger partial charge in [0, 0.05) is 19.3 Å². The smallest absolute Gasteiger partial charge is 0.100 e. The van der Waals surface area contributed by atoms with Crippen LogP contribution in [0, 0.1) is 17.8 Å². The van der Waals surface area contributed by atoms with E-state index in [1.54, 1.807) is 38.5 Å². The lowest BCUT2D eigenvalue weighted by atomic mass is 9.51. The van der Waals surface area contributed by atoms with Crippen molar-refractivity contribution >= 4 is 0 Å². The second kappa shape index (κ2) is 6.79. The van der Waals surface area contributed by atoms with E-state index in [9.17, 15) is 0 Å². The molecule has 0 aromatic rings. The van der Waals surface area contributed by atoms with Crippen LogP contribution < -0.4 is 12.4 Å². The van der Waals surface area contributed by atoms with E-state index in [-0.39, 0.29) is 12.4 Å². The van der Waals surface area contributed by atoms with Gasteiger partial charge in [-0.25, -0.2) is 0 Å². The number of nitrogens with zero attached hydrogens (tertiary/aromatic N) is 1. The Morgan fingerprint density at radius 3 is 1.33 bits per heavy atom. The zero-order chi connectivity index (χ0) is 14.2. The van der Waals surface area contributed by atoms with E-state index in [1.165, 1.54) is 43.4 Å². The third kappa shape index (κ3) is 2.90. The van der Waals surface area contributed by atoms with Crippen molar-refractivity contribution in [3.63, 3.8) is 0 Å². The Labute approximate surface area is 138 Å². The summed E-state index contributed by atoms with van der Waals surface area (Å²) < 4.78 is 1.50. The van der Waals surface area contributed by atoms with Crippen LogP contribution in [-0.4, -0.2) is 29.7 Å². The first kappa shape index (κ1) is 17.6. The molecule has 4 fully saturated rings. The summed E-state index contributed by atoms with van der Waals surface area (Å²) in [6.45, 7) is 11.6. The third-order valence-electron chi connectivity index (χ3n) is 6.97. The first-order valence-electron chi connectivity index (χ1n) is 9.53. The Kier molecular flexibility index (Phi) is 5.69. The molecule has 4 aliphatic carbocycles. The van der Waals surface area contributed by atoms with E-state index in [4.69, 9.17) is 0 Å². The predicted molar refractivity (Wildman–Crippen MR) is 86.6 cm³/mol. The van der Waals surface area contributed by atoms with Crippen LogP contribution in [0.3, 0.4) is 0 Å². The molecular formula is C19H36ClN. The summed E-state index contributed by atoms with van der Waals surface area (Å²) in [6, 6.07) is 0. The molecule has 0 N–H and O–H groups in total. The Hall–Kier alpha value is 0.250. The second-order valence-electron chi connectivity index (χ2n) is 8.46. The lowest BCUT2D eigenvalue weighted by molar-refractivity contribution is -0.982. The molecule has 4 saturated carbocycles. The molecule has 21 heavy (non-hydrogen) atoms. The van der Waals surface area contributed by atoms with Crippen molar-refractivity contribution in [3.05, 3.63) is 0 Å². The van der Waals surface area contributed by atoms with Crippen LogP contribution in [0.5, 0.6) is 0 Å². The highest BCUT2D eigenvalue weighted by Gasteiger charge is 2.60. The molecule has 4 aliphatic rings. The maximum Gasteiger partial charge on any atom is 0.100 e. The maximum absolute atomic E-state index is 2.42. The third-order valence-corrected chi connectivity index (χ3v) is 6.97. The van der Waals surface area contributed by atoms with Crippen molar-refractivity contribution in [2.75, 3.05) is 19.6 Å². The molecule has 0 radical (unpaired) electrons. The van der Waals surface area contributed by atoms with Gasteiger partial charge in [-0.15, -0.1) is 0 Å². The molecule has 124 valence electrons. The maximum atomic E-state index is 2.42. The molecule has 0 heterocycles. The van der Waals surface area contributed by atoms with E-state index in [1.807, 2.05) is 0 Å². The minimum atomic E-state index is 0. The molecule has 1 nitrogen and oxygen atoms in total. The van der Waals surface area contributed by atoms with Crippen LogP contribution in [0.25, 0.3) is 0 Å². The number of hydrogen-bond donors (Lipinski definition) is 0. The van der Waals surface area contributed by atoms with E-state index in [0.29, 0.717) is 5.54 Å². The molecule has 0 spiro atoms. The Morgan fingerprint density at radius 1 is 0.714 bits per heavy atom. The molecule has 0 saturated heterocycles. The molecule has 0 amide bonds. The number of quaternary nitrogens is 1. The monoisotopic (exact) mass is 313 g/mol. The second-order valence-corrected chi connectivity index (χ2v) is 8.46. The van der Waals surface area contributed by atoms with Crippen molar-refractivity contribution in [1.29, 1.82) is 0 Å². The average molecular weight is 314 g/mol. The van der Waals surface area contributed by atoms with E-state index in [0.717, 1.165) is 17.8 Å². The molecule has 0 aromatic heterocycles. The average Bonchev–Trinajstić information content (AvgIpc) is 2.37. The van der Waals surface area contributed by atoms with Crippen LogP contribution in [0.15, 0.2) is 0 Å². The SMILES string of the molecule is CCC[N+](CCC)(CCC)C12CC3CC(CC(C3)C1)C2.[Cl-]. The summed E-state index contributed by atoms with van der Waals surface area (Å²) >= 11 is 0. The highest BCUT2D eigenvalue weighted by atomic mass is 35.5. The van der Waals surface area contributed by atoms with Crippen LogP contribution >= 0.6 is 0 Å². The lowest BCUT2D eigenvalue weighted by Gasteiger charge is -2.64. The largest absolute Gasteiger partial charge is 1.00 e. The Balaban J connectivity index is 0.00000161. The summed E-state index contributed by atoms with van der Waals surface area (Å²) in [5.41, 5.74) is 0.705. The standard InChI is InChI=1S/C19H36N.ClH/c1-4-7-20(8-5-2,9-6-3)19-13-16-10-17(14-19)12-18(11-16)15-19;/h16-18H,4-15H2,1-3H3;1H/q+1;/p-1. The molecule has 4 bridgehead atoms. The minimum absolute atomic E-state index is 0. The first-order valence-corrected chi connectivity index (χ1v) is 9.53. The van der Waals surface area contributed by atoms with Gasteiger partial charge in [0.25, 0.3) is 0 Å². The highest BCUT2D eigenvalue weighted by molar-refractivity contribution is 5.03. The normalized spacial score (nSPS) is 37.6. The zero-order valence-corrected chi connectivity index (χ0v) is 15.3. The lowest BCUT2D eigenvalue weighted by Crippen LogP contribution is -3.00. The molecule has 0 unspecified atom stereocenters. The van der Waals surface area contributed by atoms with Crippen LogP contribution in [-0.2, 0) is 0 Å². The molecule has 2 heteroatoms. The molecule has 0 aliphatic heterocycles. The van der Waals surface area contributed by atoms with Crippen molar-refractivity contribution in [3.8, 4) is 0 Å². The predicted octanol–water partition coefficient (Wildman–Crippen LogP) is 2.01. The van der Waals surface area contributed by atoms with Gasteiger partial charge in [0.1, 0.15) is 5.54 Å². The van der Waals surface area contributed by atoms with E-state index < -0.39 is 0 Å². The summed E-state index contributed by atoms with van der Waals surface area (Å²) in [4.78, 5) is 0. The zero-order valence-electron chi connectivity index (χ0n) is 14.5. The molecular weight excluding hydrogens is 278 g/mol. The summed E-state index contributed by atoms with van der Waals surface area (Å²) in [5.74, 6) is 3.30. The van der Waals surface area contributed by atoms with E-state index in [2.05, 4.69) is 20.8 Å². The van der Waals surface area contributed by atoms with Crippen molar-refractivity contribution < 1.29 is 16.9 Å². The van der Waals surface area contributed by atoms with Gasteiger partial charge in [0.2, 0.25) is 0 Å². The van der Waals surface area contributed by atoms with Gasteiger partial charge in [-0.2, -0.15) is 0 Å². The van der Waals surface area contributed by atoms with Crippen LogP contribution in [0.4, 0.5) is 0 Å². The van der Waals surface area contributed by atoms with Gasteiger partial charge in [-0.3, -0.25) is 0 Å². The number of hydrogen-bond acceptors (Lipinski definition) is 0. The Morgan fingerprint density at radius 2 is 1.05 bits per heavy atom. The minimum Gasteiger partial charge on any atom is -1.00 e. The van der Waals surface area contributed by atoms with Crippen molar-refractivity contribution in [2.45, 2.75) is 84.1 Å². The van der Waals surface area contributed by atoms with Crippen LogP contribution in [0.2, 0.25) is 0 Å². The van der Waals surface area contributed by atoms with Crippen LogP contribution in [0.1, 0.15) is 78.6 Å². The number of rotatable bonds is 7. The van der Waals surface area contributed by atoms with E-state index >= 15 is 0 Å². The van der Waals surface area contributed by atoms with Crippen molar-refractivity contribution in [1.82, 2.24) is 0 Å². The van der Waals surface area contributed by atoms with Gasteiger partial charge < -0.3 is 16.9 Å². The van der Waals surface area contributed by atoms with Gasteiger partial charge in [0.15, 0.2) is 0 Å². The van der Waals surface area contributed by atoms with Crippen molar-refractivity contribution in [2.24, 2.45) is 17.8 Å². The molecule has 0 aromatic carbocycles. The summed E-state index contributed by atoms with van der Waals surface area (Å²) in [5, 5.41) is 0. The van der Waals surface area contributed by atoms with Gasteiger partial charge in [-0.05, 0) is 56.3 Å². The van der Waals surface area contributed by atoms with Gasteiger partial charge in [-0.1, -0.05) is 20.8 Å². The number of halogens is 1. The fourth-order valence-corrected chi connectivity index (χ4v) is 6.98. The topological polar surface area (TPSA) is 0 Å². The first-order chi connectivity index (χ1) is 9.67. The summed E-state index contributed by atoms with van der Waals surface area (Å²) in [7, 11) is 0. The summed E-state index contributed by atoms with van der Waals surface area (Å²) in [6.07, 6.45) is 13.6. The molecule has 4 rings (SSSR count). The van der Waals surface area contributed by atoms with Gasteiger partial charge >= 0.3 is 0 Å². The Bertz CT molecular complexity index is 286. The van der Waals surface area contributed by atoms with Gasteiger partial charge in [0.05, 0.1) is 19.6 Å². The fraction of sp³-hybridized carbons (Fsp3) is 1.00. The highest BCUT2D eigenvalue weighted by Crippen LogP contribution is 2.59. The fourth-order valence-electron chi connectivity index (χ4n) is 6.98. The quantitative estimate of drug-likeness (QED) is 0.631. The molecule has 0 atom stereocenters.